The Morgan fingerprint density at radius 1 is 1.40 bits per heavy atom. The predicted molar refractivity (Wildman–Crippen MR) is 69.9 cm³/mol. The minimum absolute atomic E-state index is 0.147. The number of halogens is 2. The average molecular weight is 280 g/mol. The van der Waals surface area contributed by atoms with Crippen molar-refractivity contribution < 1.29 is 13.6 Å². The first kappa shape index (κ1) is 14.0. The van der Waals surface area contributed by atoms with Crippen LogP contribution in [0.4, 0.5) is 14.5 Å². The van der Waals surface area contributed by atoms with Crippen LogP contribution in [0, 0.1) is 11.6 Å². The molecule has 1 aromatic heterocycles. The number of carbonyl (C=O) groups is 1. The SMILES string of the molecule is CC(NC(=O)c1c(N)cnn1C)c1c(F)cccc1F. The number of nitrogen functional groups attached to an aromatic ring is 1. The van der Waals surface area contributed by atoms with Gasteiger partial charge in [-0.1, -0.05) is 6.07 Å². The summed E-state index contributed by atoms with van der Waals surface area (Å²) in [7, 11) is 1.56. The molecule has 1 unspecified atom stereocenters. The summed E-state index contributed by atoms with van der Waals surface area (Å²) < 4.78 is 28.5. The third kappa shape index (κ3) is 2.47. The van der Waals surface area contributed by atoms with Gasteiger partial charge in [-0.15, -0.1) is 0 Å². The van der Waals surface area contributed by atoms with Gasteiger partial charge >= 0.3 is 0 Å². The Hall–Kier alpha value is -2.44. The molecule has 0 aliphatic rings. The topological polar surface area (TPSA) is 72.9 Å². The van der Waals surface area contributed by atoms with E-state index in [-0.39, 0.29) is 16.9 Å². The third-order valence-electron chi connectivity index (χ3n) is 2.96. The predicted octanol–water partition coefficient (Wildman–Crippen LogP) is 1.77. The Morgan fingerprint density at radius 2 is 2.00 bits per heavy atom. The Morgan fingerprint density at radius 3 is 2.50 bits per heavy atom. The molecule has 0 bridgehead atoms. The molecule has 5 nitrogen and oxygen atoms in total. The van der Waals surface area contributed by atoms with Crippen LogP contribution in [0.1, 0.15) is 29.0 Å². The van der Waals surface area contributed by atoms with Crippen LogP contribution in [-0.4, -0.2) is 15.7 Å². The van der Waals surface area contributed by atoms with Crippen molar-refractivity contribution in [2.45, 2.75) is 13.0 Å². The van der Waals surface area contributed by atoms with Crippen LogP contribution in [-0.2, 0) is 7.05 Å². The molecule has 2 rings (SSSR count). The number of aryl methyl sites for hydroxylation is 1. The number of aromatic nitrogens is 2. The van der Waals surface area contributed by atoms with E-state index < -0.39 is 23.6 Å². The van der Waals surface area contributed by atoms with E-state index in [1.165, 1.54) is 23.9 Å². The Kier molecular flexibility index (Phi) is 3.69. The Bertz CT molecular complexity index is 614. The number of hydrogen-bond acceptors (Lipinski definition) is 3. The maximum absolute atomic E-state index is 13.6. The van der Waals surface area contributed by atoms with Gasteiger partial charge in [0.15, 0.2) is 0 Å². The molecular formula is C13H14F2N4O. The number of benzene rings is 1. The van der Waals surface area contributed by atoms with E-state index in [2.05, 4.69) is 10.4 Å². The number of nitrogens with one attached hydrogen (secondary N) is 1. The van der Waals surface area contributed by atoms with Crippen LogP contribution in [0.3, 0.4) is 0 Å². The second-order valence-electron chi connectivity index (χ2n) is 4.40. The highest BCUT2D eigenvalue weighted by molar-refractivity contribution is 5.97. The first-order chi connectivity index (χ1) is 9.41. The van der Waals surface area contributed by atoms with E-state index in [9.17, 15) is 13.6 Å². The van der Waals surface area contributed by atoms with Gasteiger partial charge in [0, 0.05) is 12.6 Å². The highest BCUT2D eigenvalue weighted by atomic mass is 19.1. The maximum atomic E-state index is 13.6. The van der Waals surface area contributed by atoms with Crippen molar-refractivity contribution in [3.05, 3.63) is 47.3 Å². The molecular weight excluding hydrogens is 266 g/mol. The van der Waals surface area contributed by atoms with Gasteiger partial charge in [0.25, 0.3) is 5.91 Å². The average Bonchev–Trinajstić information content (AvgIpc) is 2.68. The molecule has 20 heavy (non-hydrogen) atoms. The quantitative estimate of drug-likeness (QED) is 0.900. The molecule has 0 aliphatic heterocycles. The first-order valence-electron chi connectivity index (χ1n) is 5.94. The lowest BCUT2D eigenvalue weighted by atomic mass is 10.1. The summed E-state index contributed by atoms with van der Waals surface area (Å²) >= 11 is 0. The molecule has 0 radical (unpaired) electrons. The van der Waals surface area contributed by atoms with Crippen LogP contribution in [0.5, 0.6) is 0 Å². The van der Waals surface area contributed by atoms with Crippen molar-refractivity contribution in [2.24, 2.45) is 7.05 Å². The summed E-state index contributed by atoms with van der Waals surface area (Å²) in [4.78, 5) is 12.1. The van der Waals surface area contributed by atoms with E-state index in [0.29, 0.717) is 0 Å². The number of nitrogens with zero attached hydrogens (tertiary/aromatic N) is 2. The number of carbonyl (C=O) groups excluding carboxylic acids is 1. The molecule has 0 saturated heterocycles. The van der Waals surface area contributed by atoms with E-state index in [0.717, 1.165) is 12.1 Å². The van der Waals surface area contributed by atoms with Crippen LogP contribution < -0.4 is 11.1 Å². The van der Waals surface area contributed by atoms with Crippen LogP contribution in [0.2, 0.25) is 0 Å². The fraction of sp³-hybridized carbons (Fsp3) is 0.231. The fourth-order valence-electron chi connectivity index (χ4n) is 1.99. The van der Waals surface area contributed by atoms with Crippen molar-refractivity contribution in [3.63, 3.8) is 0 Å². The largest absolute Gasteiger partial charge is 0.396 e. The zero-order valence-electron chi connectivity index (χ0n) is 11.0. The molecule has 1 amide bonds. The molecule has 7 heteroatoms. The molecule has 1 aromatic carbocycles. The van der Waals surface area contributed by atoms with E-state index in [1.54, 1.807) is 7.05 Å². The number of amides is 1. The summed E-state index contributed by atoms with van der Waals surface area (Å²) in [5.41, 5.74) is 5.78. The number of nitrogens with two attached hydrogens (primary N) is 1. The number of rotatable bonds is 3. The van der Waals surface area contributed by atoms with Gasteiger partial charge in [0.2, 0.25) is 0 Å². The summed E-state index contributed by atoms with van der Waals surface area (Å²) in [5, 5.41) is 6.34. The Labute approximate surface area is 114 Å². The minimum Gasteiger partial charge on any atom is -0.396 e. The van der Waals surface area contributed by atoms with Gasteiger partial charge < -0.3 is 11.1 Å². The van der Waals surface area contributed by atoms with Gasteiger partial charge in [-0.2, -0.15) is 5.10 Å². The molecule has 2 aromatic rings. The second kappa shape index (κ2) is 5.28. The zero-order chi connectivity index (χ0) is 14.9. The van der Waals surface area contributed by atoms with Crippen molar-refractivity contribution in [1.29, 1.82) is 0 Å². The Balaban J connectivity index is 2.24. The van der Waals surface area contributed by atoms with Crippen molar-refractivity contribution in [2.75, 3.05) is 5.73 Å². The van der Waals surface area contributed by atoms with Crippen molar-refractivity contribution in [1.82, 2.24) is 15.1 Å². The number of hydrogen-bond donors (Lipinski definition) is 2. The van der Waals surface area contributed by atoms with Crippen LogP contribution >= 0.6 is 0 Å². The highest BCUT2D eigenvalue weighted by Crippen LogP contribution is 2.21. The number of anilines is 1. The standard InChI is InChI=1S/C13H14F2N4O/c1-7(11-8(14)4-3-5-9(11)15)18-13(20)12-10(16)6-17-19(12)2/h3-7H,16H2,1-2H3,(H,18,20). The van der Waals surface area contributed by atoms with Gasteiger partial charge in [-0.05, 0) is 19.1 Å². The summed E-state index contributed by atoms with van der Waals surface area (Å²) in [6, 6.07) is 2.71. The van der Waals surface area contributed by atoms with E-state index in [1.807, 2.05) is 0 Å². The summed E-state index contributed by atoms with van der Waals surface area (Å²) in [6.07, 6.45) is 1.34. The maximum Gasteiger partial charge on any atom is 0.272 e. The third-order valence-corrected chi connectivity index (χ3v) is 2.96. The first-order valence-corrected chi connectivity index (χ1v) is 5.94. The summed E-state index contributed by atoms with van der Waals surface area (Å²) in [5.74, 6) is -1.97. The second-order valence-corrected chi connectivity index (χ2v) is 4.40. The van der Waals surface area contributed by atoms with Crippen molar-refractivity contribution >= 4 is 11.6 Å². The zero-order valence-corrected chi connectivity index (χ0v) is 11.0. The molecule has 0 spiro atoms. The van der Waals surface area contributed by atoms with Gasteiger partial charge in [0.05, 0.1) is 17.9 Å². The highest BCUT2D eigenvalue weighted by Gasteiger charge is 2.21. The summed E-state index contributed by atoms with van der Waals surface area (Å²) in [6.45, 7) is 1.49. The smallest absolute Gasteiger partial charge is 0.272 e. The van der Waals surface area contributed by atoms with Crippen LogP contribution in [0.25, 0.3) is 0 Å². The molecule has 3 N–H and O–H groups in total. The lowest BCUT2D eigenvalue weighted by Crippen LogP contribution is -2.30. The van der Waals surface area contributed by atoms with Gasteiger partial charge in [-0.25, -0.2) is 8.78 Å². The molecule has 0 fully saturated rings. The molecule has 0 aliphatic carbocycles. The van der Waals surface area contributed by atoms with Crippen molar-refractivity contribution in [3.8, 4) is 0 Å². The monoisotopic (exact) mass is 280 g/mol. The molecule has 0 saturated carbocycles. The lowest BCUT2D eigenvalue weighted by Gasteiger charge is -2.16. The van der Waals surface area contributed by atoms with Crippen LogP contribution in [0.15, 0.2) is 24.4 Å². The fourth-order valence-corrected chi connectivity index (χ4v) is 1.99. The van der Waals surface area contributed by atoms with Gasteiger partial charge in [0.1, 0.15) is 17.3 Å². The lowest BCUT2D eigenvalue weighted by molar-refractivity contribution is 0.0930. The van der Waals surface area contributed by atoms with E-state index in [4.69, 9.17) is 5.73 Å². The molecule has 1 heterocycles. The normalized spacial score (nSPS) is 12.2. The van der Waals surface area contributed by atoms with Gasteiger partial charge in [-0.3, -0.25) is 9.48 Å². The van der Waals surface area contributed by atoms with E-state index >= 15 is 0 Å². The molecule has 106 valence electrons. The molecule has 1 atom stereocenters. The minimum atomic E-state index is -0.835.